The maximum absolute atomic E-state index is 6.13. The lowest BCUT2D eigenvalue weighted by molar-refractivity contribution is 0.415. The highest BCUT2D eigenvalue weighted by Gasteiger charge is 2.13. The number of hydrogen-bond donors (Lipinski definition) is 0. The summed E-state index contributed by atoms with van der Waals surface area (Å²) >= 11 is 6.13. The Hall–Kier alpha value is -2.33. The molecular weight excluding hydrogens is 334 g/mol. The molecule has 0 radical (unpaired) electrons. The predicted octanol–water partition coefficient (Wildman–Crippen LogP) is 4.95. The lowest BCUT2D eigenvalue weighted by atomic mass is 10.0. The summed E-state index contributed by atoms with van der Waals surface area (Å²) in [6.07, 6.45) is 5.65. The van der Waals surface area contributed by atoms with Gasteiger partial charge in [0.05, 0.1) is 29.4 Å². The van der Waals surface area contributed by atoms with Gasteiger partial charge in [-0.3, -0.25) is 4.98 Å². The lowest BCUT2D eigenvalue weighted by Gasteiger charge is -2.27. The maximum atomic E-state index is 6.13. The first-order chi connectivity index (χ1) is 12.2. The number of methoxy groups -OCH3 is 1. The molecule has 25 heavy (non-hydrogen) atoms. The Labute approximate surface area is 152 Å². The molecule has 1 aliphatic rings. The quantitative estimate of drug-likeness (QED) is 0.667. The second-order valence-electron chi connectivity index (χ2n) is 6.33. The zero-order chi connectivity index (χ0) is 17.2. The van der Waals surface area contributed by atoms with Crippen LogP contribution in [0.1, 0.15) is 19.3 Å². The van der Waals surface area contributed by atoms with Crippen LogP contribution in [0, 0.1) is 0 Å². The Morgan fingerprint density at radius 1 is 0.960 bits per heavy atom. The Balaban J connectivity index is 1.73. The van der Waals surface area contributed by atoms with Crippen LogP contribution >= 0.6 is 11.6 Å². The van der Waals surface area contributed by atoms with Crippen LogP contribution < -0.4 is 9.64 Å². The number of rotatable bonds is 3. The predicted molar refractivity (Wildman–Crippen MR) is 103 cm³/mol. The van der Waals surface area contributed by atoms with Crippen LogP contribution in [-0.4, -0.2) is 30.2 Å². The van der Waals surface area contributed by atoms with E-state index in [1.54, 1.807) is 7.11 Å². The van der Waals surface area contributed by atoms with Crippen molar-refractivity contribution in [2.45, 2.75) is 19.3 Å². The third-order valence-electron chi connectivity index (χ3n) is 4.69. The zero-order valence-corrected chi connectivity index (χ0v) is 15.0. The normalized spacial score (nSPS) is 14.7. The molecule has 4 rings (SSSR count). The highest BCUT2D eigenvalue weighted by Crippen LogP contribution is 2.31. The Kier molecular flexibility index (Phi) is 4.45. The van der Waals surface area contributed by atoms with Gasteiger partial charge in [0.2, 0.25) is 0 Å². The zero-order valence-electron chi connectivity index (χ0n) is 14.2. The molecule has 0 N–H and O–H groups in total. The minimum atomic E-state index is 0.610. The molecule has 1 aromatic heterocycles. The summed E-state index contributed by atoms with van der Waals surface area (Å²) in [7, 11) is 1.63. The summed E-state index contributed by atoms with van der Waals surface area (Å²) in [5.74, 6) is 1.64. The molecular formula is C20H20ClN3O. The smallest absolute Gasteiger partial charge is 0.147 e. The fraction of sp³-hybridized carbons (Fsp3) is 0.300. The number of hydrogen-bond acceptors (Lipinski definition) is 4. The summed E-state index contributed by atoms with van der Waals surface area (Å²) in [5, 5.41) is 0.610. The molecule has 0 saturated carbocycles. The van der Waals surface area contributed by atoms with Crippen LogP contribution in [-0.2, 0) is 0 Å². The summed E-state index contributed by atoms with van der Waals surface area (Å²) in [6, 6.07) is 12.0. The van der Waals surface area contributed by atoms with Crippen molar-refractivity contribution in [1.82, 2.24) is 9.97 Å². The van der Waals surface area contributed by atoms with Gasteiger partial charge >= 0.3 is 0 Å². The molecule has 2 aromatic carbocycles. The number of anilines is 1. The van der Waals surface area contributed by atoms with Crippen LogP contribution in [0.5, 0.6) is 5.75 Å². The molecule has 128 valence electrons. The van der Waals surface area contributed by atoms with E-state index in [4.69, 9.17) is 21.3 Å². The van der Waals surface area contributed by atoms with E-state index in [0.717, 1.165) is 41.1 Å². The Morgan fingerprint density at radius 2 is 1.72 bits per heavy atom. The van der Waals surface area contributed by atoms with Gasteiger partial charge in [0.15, 0.2) is 0 Å². The molecule has 2 heterocycles. The number of nitrogens with zero attached hydrogens (tertiary/aromatic N) is 3. The van der Waals surface area contributed by atoms with Crippen LogP contribution in [0.3, 0.4) is 0 Å². The average Bonchev–Trinajstić information content (AvgIpc) is 2.68. The number of aromatic nitrogens is 2. The van der Waals surface area contributed by atoms with Crippen molar-refractivity contribution in [3.8, 4) is 16.9 Å². The summed E-state index contributed by atoms with van der Waals surface area (Å²) in [4.78, 5) is 11.8. The summed E-state index contributed by atoms with van der Waals surface area (Å²) in [6.45, 7) is 2.13. The minimum Gasteiger partial charge on any atom is -0.495 e. The molecule has 0 amide bonds. The molecule has 1 aliphatic heterocycles. The Morgan fingerprint density at radius 3 is 2.52 bits per heavy atom. The summed E-state index contributed by atoms with van der Waals surface area (Å²) < 4.78 is 5.33. The van der Waals surface area contributed by atoms with Crippen molar-refractivity contribution in [1.29, 1.82) is 0 Å². The van der Waals surface area contributed by atoms with Crippen LogP contribution in [0.15, 0.2) is 42.6 Å². The van der Waals surface area contributed by atoms with E-state index in [-0.39, 0.29) is 0 Å². The molecule has 0 bridgehead atoms. The number of halogens is 1. The van der Waals surface area contributed by atoms with Crippen molar-refractivity contribution in [3.63, 3.8) is 0 Å². The van der Waals surface area contributed by atoms with Crippen molar-refractivity contribution in [2.75, 3.05) is 25.1 Å². The molecule has 5 heteroatoms. The average molecular weight is 354 g/mol. The topological polar surface area (TPSA) is 38.2 Å². The highest BCUT2D eigenvalue weighted by molar-refractivity contribution is 6.32. The molecule has 0 atom stereocenters. The number of benzene rings is 2. The Bertz CT molecular complexity index is 907. The summed E-state index contributed by atoms with van der Waals surface area (Å²) in [5.41, 5.74) is 3.95. The lowest BCUT2D eigenvalue weighted by Crippen LogP contribution is -2.30. The van der Waals surface area contributed by atoms with E-state index in [9.17, 15) is 0 Å². The van der Waals surface area contributed by atoms with Gasteiger partial charge in [-0.25, -0.2) is 4.98 Å². The van der Waals surface area contributed by atoms with Crippen molar-refractivity contribution in [3.05, 3.63) is 47.6 Å². The molecule has 0 aliphatic carbocycles. The van der Waals surface area contributed by atoms with Gasteiger partial charge in [-0.15, -0.1) is 0 Å². The first kappa shape index (κ1) is 16.2. The van der Waals surface area contributed by atoms with Gasteiger partial charge < -0.3 is 9.64 Å². The minimum absolute atomic E-state index is 0.610. The molecule has 0 spiro atoms. The van der Waals surface area contributed by atoms with E-state index in [2.05, 4.69) is 22.0 Å². The number of fused-ring (bicyclic) bond motifs is 1. The first-order valence-electron chi connectivity index (χ1n) is 8.60. The van der Waals surface area contributed by atoms with Gasteiger partial charge in [-0.05, 0) is 54.7 Å². The fourth-order valence-corrected chi connectivity index (χ4v) is 3.49. The van der Waals surface area contributed by atoms with Gasteiger partial charge in [-0.2, -0.15) is 0 Å². The van der Waals surface area contributed by atoms with Gasteiger partial charge in [0, 0.05) is 13.1 Å². The highest BCUT2D eigenvalue weighted by atomic mass is 35.5. The molecule has 1 saturated heterocycles. The second-order valence-corrected chi connectivity index (χ2v) is 6.74. The number of piperidine rings is 1. The largest absolute Gasteiger partial charge is 0.495 e. The van der Waals surface area contributed by atoms with Gasteiger partial charge in [-0.1, -0.05) is 23.7 Å². The van der Waals surface area contributed by atoms with E-state index >= 15 is 0 Å². The van der Waals surface area contributed by atoms with E-state index in [1.807, 2.05) is 30.5 Å². The van der Waals surface area contributed by atoms with Crippen molar-refractivity contribution >= 4 is 28.5 Å². The van der Waals surface area contributed by atoms with Gasteiger partial charge in [0.1, 0.15) is 11.6 Å². The fourth-order valence-electron chi connectivity index (χ4n) is 3.30. The third kappa shape index (κ3) is 3.27. The monoisotopic (exact) mass is 353 g/mol. The number of ether oxygens (including phenoxy) is 1. The molecule has 1 fully saturated rings. The molecule has 4 nitrogen and oxygen atoms in total. The van der Waals surface area contributed by atoms with Crippen LogP contribution in [0.25, 0.3) is 22.2 Å². The van der Waals surface area contributed by atoms with Crippen molar-refractivity contribution in [2.24, 2.45) is 0 Å². The SMILES string of the molecule is COc1cc(-c2ccc3ncc(N4CCCCC4)nc3c2)ccc1Cl. The van der Waals surface area contributed by atoms with E-state index < -0.39 is 0 Å². The van der Waals surface area contributed by atoms with E-state index in [1.165, 1.54) is 19.3 Å². The van der Waals surface area contributed by atoms with Crippen molar-refractivity contribution < 1.29 is 4.74 Å². The van der Waals surface area contributed by atoms with Crippen LogP contribution in [0.4, 0.5) is 5.82 Å². The third-order valence-corrected chi connectivity index (χ3v) is 5.01. The first-order valence-corrected chi connectivity index (χ1v) is 8.98. The molecule has 3 aromatic rings. The van der Waals surface area contributed by atoms with Crippen LogP contribution in [0.2, 0.25) is 5.02 Å². The standard InChI is InChI=1S/C20H20ClN3O/c1-25-19-12-15(5-7-16(19)21)14-6-8-17-18(11-14)23-20(13-22-17)24-9-3-2-4-10-24/h5-8,11-13H,2-4,9-10H2,1H3. The van der Waals surface area contributed by atoms with E-state index in [0.29, 0.717) is 10.8 Å². The maximum Gasteiger partial charge on any atom is 0.147 e. The second kappa shape index (κ2) is 6.89. The molecule has 0 unspecified atom stereocenters. The van der Waals surface area contributed by atoms with Gasteiger partial charge in [0.25, 0.3) is 0 Å².